The van der Waals surface area contributed by atoms with Crippen LogP contribution in [-0.4, -0.2) is 19.1 Å². The zero-order valence-electron chi connectivity index (χ0n) is 15.6. The third kappa shape index (κ3) is 4.99. The van der Waals surface area contributed by atoms with Crippen LogP contribution in [0.15, 0.2) is 42.5 Å². The predicted molar refractivity (Wildman–Crippen MR) is 100 cm³/mol. The maximum Gasteiger partial charge on any atom is 0.261 e. The zero-order valence-corrected chi connectivity index (χ0v) is 15.6. The van der Waals surface area contributed by atoms with E-state index >= 15 is 0 Å². The number of hydrogen-bond donors (Lipinski definition) is 1. The largest absolute Gasteiger partial charge is 0.496 e. The SMILES string of the molecule is COc1ccccc1CNC(=O)[C@H](C)Oc1cc(C)ccc1C(C)C. The molecule has 0 bridgehead atoms. The molecule has 0 aliphatic heterocycles. The van der Waals surface area contributed by atoms with Gasteiger partial charge in [0.25, 0.3) is 5.91 Å². The lowest BCUT2D eigenvalue weighted by Crippen LogP contribution is -2.36. The minimum Gasteiger partial charge on any atom is -0.496 e. The van der Waals surface area contributed by atoms with Gasteiger partial charge < -0.3 is 14.8 Å². The number of rotatable bonds is 7. The van der Waals surface area contributed by atoms with Gasteiger partial charge >= 0.3 is 0 Å². The van der Waals surface area contributed by atoms with Crippen LogP contribution in [0.2, 0.25) is 0 Å². The van der Waals surface area contributed by atoms with Gasteiger partial charge in [0, 0.05) is 12.1 Å². The van der Waals surface area contributed by atoms with Crippen molar-refractivity contribution in [3.63, 3.8) is 0 Å². The summed E-state index contributed by atoms with van der Waals surface area (Å²) >= 11 is 0. The second kappa shape index (κ2) is 8.56. The van der Waals surface area contributed by atoms with Crippen LogP contribution in [0.4, 0.5) is 0 Å². The quantitative estimate of drug-likeness (QED) is 0.820. The van der Waals surface area contributed by atoms with Crippen LogP contribution in [0.25, 0.3) is 0 Å². The Hall–Kier alpha value is -2.49. The van der Waals surface area contributed by atoms with E-state index in [1.807, 2.05) is 37.3 Å². The molecule has 0 saturated heterocycles. The minimum atomic E-state index is -0.575. The second-order valence-electron chi connectivity index (χ2n) is 6.49. The Balaban J connectivity index is 2.02. The van der Waals surface area contributed by atoms with Crippen LogP contribution in [-0.2, 0) is 11.3 Å². The number of aryl methyl sites for hydroxylation is 1. The van der Waals surface area contributed by atoms with Gasteiger partial charge in [0.1, 0.15) is 11.5 Å². The van der Waals surface area contributed by atoms with Crippen molar-refractivity contribution >= 4 is 5.91 Å². The minimum absolute atomic E-state index is 0.151. The molecule has 0 spiro atoms. The number of ether oxygens (including phenoxy) is 2. The molecule has 2 aromatic rings. The summed E-state index contributed by atoms with van der Waals surface area (Å²) in [7, 11) is 1.62. The monoisotopic (exact) mass is 341 g/mol. The van der Waals surface area contributed by atoms with E-state index in [0.717, 1.165) is 28.2 Å². The third-order valence-corrected chi connectivity index (χ3v) is 4.11. The first-order chi connectivity index (χ1) is 11.9. The van der Waals surface area contributed by atoms with Gasteiger partial charge in [-0.15, -0.1) is 0 Å². The van der Waals surface area contributed by atoms with Crippen LogP contribution in [0.1, 0.15) is 43.4 Å². The standard InChI is InChI=1S/C21H27NO3/c1-14(2)18-11-10-15(3)12-20(18)25-16(4)21(23)22-13-17-8-6-7-9-19(17)24-5/h6-12,14,16H,13H2,1-5H3,(H,22,23)/t16-/m0/s1. The van der Waals surface area contributed by atoms with Crippen LogP contribution >= 0.6 is 0 Å². The predicted octanol–water partition coefficient (Wildman–Crippen LogP) is 4.21. The van der Waals surface area contributed by atoms with Gasteiger partial charge in [-0.25, -0.2) is 0 Å². The maximum absolute atomic E-state index is 12.4. The van der Waals surface area contributed by atoms with Crippen LogP contribution in [0.3, 0.4) is 0 Å². The number of para-hydroxylation sites is 1. The van der Waals surface area contributed by atoms with Crippen molar-refractivity contribution in [2.24, 2.45) is 0 Å². The summed E-state index contributed by atoms with van der Waals surface area (Å²) < 4.78 is 11.3. The summed E-state index contributed by atoms with van der Waals surface area (Å²) in [5.74, 6) is 1.72. The molecule has 0 saturated carbocycles. The molecule has 0 aliphatic carbocycles. The topological polar surface area (TPSA) is 47.6 Å². The van der Waals surface area contributed by atoms with E-state index in [4.69, 9.17) is 9.47 Å². The van der Waals surface area contributed by atoms with E-state index in [1.165, 1.54) is 0 Å². The van der Waals surface area contributed by atoms with E-state index in [1.54, 1.807) is 14.0 Å². The molecule has 4 nitrogen and oxygen atoms in total. The molecule has 1 N–H and O–H groups in total. The molecule has 0 fully saturated rings. The Bertz CT molecular complexity index is 725. The van der Waals surface area contributed by atoms with E-state index in [-0.39, 0.29) is 5.91 Å². The average molecular weight is 341 g/mol. The molecule has 0 heterocycles. The lowest BCUT2D eigenvalue weighted by atomic mass is 10.0. The number of methoxy groups -OCH3 is 1. The Morgan fingerprint density at radius 3 is 2.48 bits per heavy atom. The molecule has 2 rings (SSSR count). The first-order valence-corrected chi connectivity index (χ1v) is 8.59. The average Bonchev–Trinajstić information content (AvgIpc) is 2.59. The Labute approximate surface area is 150 Å². The van der Waals surface area contributed by atoms with Gasteiger partial charge in [-0.05, 0) is 43.0 Å². The van der Waals surface area contributed by atoms with Gasteiger partial charge in [-0.1, -0.05) is 44.2 Å². The van der Waals surface area contributed by atoms with Gasteiger partial charge in [0.05, 0.1) is 7.11 Å². The first-order valence-electron chi connectivity index (χ1n) is 8.59. The van der Waals surface area contributed by atoms with Crippen molar-refractivity contribution < 1.29 is 14.3 Å². The van der Waals surface area contributed by atoms with E-state index in [9.17, 15) is 4.79 Å². The highest BCUT2D eigenvalue weighted by atomic mass is 16.5. The summed E-state index contributed by atoms with van der Waals surface area (Å²) in [6.07, 6.45) is -0.575. The third-order valence-electron chi connectivity index (χ3n) is 4.11. The number of amides is 1. The van der Waals surface area contributed by atoms with Crippen LogP contribution < -0.4 is 14.8 Å². The Morgan fingerprint density at radius 1 is 1.08 bits per heavy atom. The van der Waals surface area contributed by atoms with Crippen molar-refractivity contribution in [1.29, 1.82) is 0 Å². The van der Waals surface area contributed by atoms with Crippen molar-refractivity contribution in [2.75, 3.05) is 7.11 Å². The summed E-state index contributed by atoms with van der Waals surface area (Å²) in [6.45, 7) is 8.42. The maximum atomic E-state index is 12.4. The van der Waals surface area contributed by atoms with E-state index < -0.39 is 6.10 Å². The number of benzene rings is 2. The molecule has 0 radical (unpaired) electrons. The number of hydrogen-bond acceptors (Lipinski definition) is 3. The number of nitrogens with one attached hydrogen (secondary N) is 1. The van der Waals surface area contributed by atoms with Gasteiger partial charge in [-0.2, -0.15) is 0 Å². The lowest BCUT2D eigenvalue weighted by Gasteiger charge is -2.19. The highest BCUT2D eigenvalue weighted by molar-refractivity contribution is 5.80. The normalized spacial score (nSPS) is 11.9. The fraction of sp³-hybridized carbons (Fsp3) is 0.381. The van der Waals surface area contributed by atoms with Crippen molar-refractivity contribution in [3.8, 4) is 11.5 Å². The molecular formula is C21H27NO3. The van der Waals surface area contributed by atoms with Crippen LogP contribution in [0.5, 0.6) is 11.5 Å². The van der Waals surface area contributed by atoms with Gasteiger partial charge in [0.15, 0.2) is 6.10 Å². The van der Waals surface area contributed by atoms with Crippen molar-refractivity contribution in [2.45, 2.75) is 46.3 Å². The molecule has 134 valence electrons. The highest BCUT2D eigenvalue weighted by Gasteiger charge is 2.18. The Kier molecular flexibility index (Phi) is 6.45. The molecule has 4 heteroatoms. The smallest absolute Gasteiger partial charge is 0.261 e. The second-order valence-corrected chi connectivity index (χ2v) is 6.49. The fourth-order valence-electron chi connectivity index (χ4n) is 2.64. The summed E-state index contributed by atoms with van der Waals surface area (Å²) in [6, 6.07) is 13.8. The summed E-state index contributed by atoms with van der Waals surface area (Å²) in [5, 5.41) is 2.91. The summed E-state index contributed by atoms with van der Waals surface area (Å²) in [4.78, 5) is 12.4. The highest BCUT2D eigenvalue weighted by Crippen LogP contribution is 2.28. The fourth-order valence-corrected chi connectivity index (χ4v) is 2.64. The summed E-state index contributed by atoms with van der Waals surface area (Å²) in [5.41, 5.74) is 3.15. The number of carbonyl (C=O) groups excluding carboxylic acids is 1. The lowest BCUT2D eigenvalue weighted by molar-refractivity contribution is -0.127. The van der Waals surface area contributed by atoms with E-state index in [0.29, 0.717) is 12.5 Å². The van der Waals surface area contributed by atoms with Crippen molar-refractivity contribution in [1.82, 2.24) is 5.32 Å². The molecule has 0 unspecified atom stereocenters. The molecule has 0 aliphatic rings. The van der Waals surface area contributed by atoms with E-state index in [2.05, 4.69) is 31.3 Å². The molecule has 25 heavy (non-hydrogen) atoms. The number of carbonyl (C=O) groups is 1. The molecule has 0 aromatic heterocycles. The molecule has 1 atom stereocenters. The zero-order chi connectivity index (χ0) is 18.4. The molecular weight excluding hydrogens is 314 g/mol. The van der Waals surface area contributed by atoms with Crippen LogP contribution in [0, 0.1) is 6.92 Å². The Morgan fingerprint density at radius 2 is 1.80 bits per heavy atom. The first kappa shape index (κ1) is 18.8. The molecule has 1 amide bonds. The molecule has 2 aromatic carbocycles. The van der Waals surface area contributed by atoms with Crippen molar-refractivity contribution in [3.05, 3.63) is 59.2 Å². The van der Waals surface area contributed by atoms with Gasteiger partial charge in [-0.3, -0.25) is 4.79 Å². The van der Waals surface area contributed by atoms with Gasteiger partial charge in [0.2, 0.25) is 0 Å².